The summed E-state index contributed by atoms with van der Waals surface area (Å²) in [5, 5.41) is 3.18. The Kier molecular flexibility index (Phi) is 5.49. The quantitative estimate of drug-likeness (QED) is 0.751. The molecule has 1 aromatic carbocycles. The Morgan fingerprint density at radius 1 is 1.22 bits per heavy atom. The Labute approximate surface area is 105 Å². The maximum atomic E-state index is 12.1. The molecule has 0 heterocycles. The number of halogens is 2. The zero-order chi connectivity index (χ0) is 13.6. The van der Waals surface area contributed by atoms with Crippen LogP contribution in [0.3, 0.4) is 0 Å². The highest BCUT2D eigenvalue weighted by atomic mass is 32.2. The molecule has 0 amide bonds. The van der Waals surface area contributed by atoms with Crippen molar-refractivity contribution >= 4 is 15.7 Å². The standard InChI is InChI=1S/C11H16F2N2O2S/c1-2-7-14-8-9-3-5-10(6-4-9)15-18(16,17)11(12)13/h3-6,11,14-15H,2,7-8H2,1H3. The SMILES string of the molecule is CCCNCc1ccc(NS(=O)(=O)C(F)F)cc1. The van der Waals surface area contributed by atoms with Crippen molar-refractivity contribution in [2.75, 3.05) is 11.3 Å². The predicted molar refractivity (Wildman–Crippen MR) is 67.0 cm³/mol. The summed E-state index contributed by atoms with van der Waals surface area (Å²) in [5.41, 5.74) is 1.10. The van der Waals surface area contributed by atoms with Crippen molar-refractivity contribution in [1.82, 2.24) is 5.32 Å². The Balaban J connectivity index is 2.61. The van der Waals surface area contributed by atoms with Crippen molar-refractivity contribution in [3.05, 3.63) is 29.8 Å². The second kappa shape index (κ2) is 6.65. The van der Waals surface area contributed by atoms with Crippen LogP contribution in [0.1, 0.15) is 18.9 Å². The largest absolute Gasteiger partial charge is 0.355 e. The van der Waals surface area contributed by atoms with Gasteiger partial charge in [-0.05, 0) is 30.7 Å². The molecule has 102 valence electrons. The minimum Gasteiger partial charge on any atom is -0.313 e. The lowest BCUT2D eigenvalue weighted by Crippen LogP contribution is -2.20. The molecule has 0 saturated carbocycles. The smallest absolute Gasteiger partial charge is 0.313 e. The van der Waals surface area contributed by atoms with Gasteiger partial charge in [-0.15, -0.1) is 0 Å². The summed E-state index contributed by atoms with van der Waals surface area (Å²) in [7, 11) is -4.58. The Morgan fingerprint density at radius 3 is 2.33 bits per heavy atom. The van der Waals surface area contributed by atoms with Crippen LogP contribution < -0.4 is 10.0 Å². The van der Waals surface area contributed by atoms with Gasteiger partial charge in [0.1, 0.15) is 0 Å². The minimum absolute atomic E-state index is 0.134. The number of rotatable bonds is 7. The van der Waals surface area contributed by atoms with Crippen LogP contribution in [0, 0.1) is 0 Å². The monoisotopic (exact) mass is 278 g/mol. The number of hydrogen-bond acceptors (Lipinski definition) is 3. The number of hydrogen-bond donors (Lipinski definition) is 2. The van der Waals surface area contributed by atoms with Crippen molar-refractivity contribution in [3.63, 3.8) is 0 Å². The molecule has 0 aliphatic heterocycles. The molecule has 0 bridgehead atoms. The Hall–Kier alpha value is -1.21. The molecule has 0 aliphatic carbocycles. The van der Waals surface area contributed by atoms with Crippen LogP contribution in [0.4, 0.5) is 14.5 Å². The normalized spacial score (nSPS) is 11.8. The van der Waals surface area contributed by atoms with Gasteiger partial charge in [-0.25, -0.2) is 8.42 Å². The van der Waals surface area contributed by atoms with Crippen LogP contribution in [0.5, 0.6) is 0 Å². The molecule has 0 aliphatic rings. The summed E-state index contributed by atoms with van der Waals surface area (Å²) in [6.07, 6.45) is 1.02. The van der Waals surface area contributed by atoms with E-state index in [4.69, 9.17) is 0 Å². The molecular formula is C11H16F2N2O2S. The molecule has 7 heteroatoms. The fraction of sp³-hybridized carbons (Fsp3) is 0.455. The predicted octanol–water partition coefficient (Wildman–Crippen LogP) is 2.15. The molecule has 0 unspecified atom stereocenters. The first-order valence-electron chi connectivity index (χ1n) is 5.55. The number of benzene rings is 1. The molecule has 1 rings (SSSR count). The lowest BCUT2D eigenvalue weighted by molar-refractivity contribution is 0.236. The first kappa shape index (κ1) is 14.8. The lowest BCUT2D eigenvalue weighted by Gasteiger charge is -2.08. The minimum atomic E-state index is -4.58. The third-order valence-electron chi connectivity index (χ3n) is 2.20. The Morgan fingerprint density at radius 2 is 1.83 bits per heavy atom. The van der Waals surface area contributed by atoms with Gasteiger partial charge in [-0.2, -0.15) is 8.78 Å². The maximum absolute atomic E-state index is 12.1. The number of alkyl halides is 2. The van der Waals surface area contributed by atoms with Gasteiger partial charge >= 0.3 is 5.76 Å². The van der Waals surface area contributed by atoms with Gasteiger partial charge in [0.25, 0.3) is 10.0 Å². The van der Waals surface area contributed by atoms with Gasteiger partial charge in [-0.3, -0.25) is 4.72 Å². The van der Waals surface area contributed by atoms with Gasteiger partial charge < -0.3 is 5.32 Å². The van der Waals surface area contributed by atoms with Crippen LogP contribution in [-0.4, -0.2) is 20.7 Å². The van der Waals surface area contributed by atoms with Crippen LogP contribution in [0.2, 0.25) is 0 Å². The number of sulfonamides is 1. The van der Waals surface area contributed by atoms with Crippen molar-refractivity contribution < 1.29 is 17.2 Å². The molecule has 0 spiro atoms. The third kappa shape index (κ3) is 4.58. The van der Waals surface area contributed by atoms with Crippen LogP contribution in [0.15, 0.2) is 24.3 Å². The Bertz CT molecular complexity index is 460. The molecule has 0 atom stereocenters. The van der Waals surface area contributed by atoms with Gasteiger partial charge in [0, 0.05) is 12.2 Å². The fourth-order valence-electron chi connectivity index (χ4n) is 1.31. The summed E-state index contributed by atoms with van der Waals surface area (Å²) < 4.78 is 47.9. The van der Waals surface area contributed by atoms with Gasteiger partial charge in [0.15, 0.2) is 0 Å². The topological polar surface area (TPSA) is 58.2 Å². The first-order valence-corrected chi connectivity index (χ1v) is 7.10. The van der Waals surface area contributed by atoms with Gasteiger partial charge in [0.05, 0.1) is 0 Å². The van der Waals surface area contributed by atoms with E-state index in [1.807, 2.05) is 4.72 Å². The van der Waals surface area contributed by atoms with Crippen LogP contribution in [-0.2, 0) is 16.6 Å². The van der Waals surface area contributed by atoms with E-state index in [1.54, 1.807) is 12.1 Å². The average Bonchev–Trinajstić information content (AvgIpc) is 2.31. The third-order valence-corrected chi connectivity index (χ3v) is 3.19. The highest BCUT2D eigenvalue weighted by molar-refractivity contribution is 7.93. The fourth-order valence-corrected chi connectivity index (χ4v) is 1.86. The van der Waals surface area contributed by atoms with Crippen molar-refractivity contribution in [2.45, 2.75) is 25.6 Å². The van der Waals surface area contributed by atoms with E-state index < -0.39 is 15.8 Å². The average molecular weight is 278 g/mol. The molecule has 2 N–H and O–H groups in total. The molecule has 4 nitrogen and oxygen atoms in total. The molecule has 0 aromatic heterocycles. The van der Waals surface area contributed by atoms with Gasteiger partial charge in [0.2, 0.25) is 0 Å². The molecule has 1 aromatic rings. The van der Waals surface area contributed by atoms with Crippen molar-refractivity contribution in [2.24, 2.45) is 0 Å². The second-order valence-electron chi connectivity index (χ2n) is 3.78. The van der Waals surface area contributed by atoms with Crippen LogP contribution >= 0.6 is 0 Å². The zero-order valence-corrected chi connectivity index (χ0v) is 10.8. The van der Waals surface area contributed by atoms with E-state index in [1.165, 1.54) is 12.1 Å². The summed E-state index contributed by atoms with van der Waals surface area (Å²) in [6.45, 7) is 3.60. The van der Waals surface area contributed by atoms with Gasteiger partial charge in [-0.1, -0.05) is 19.1 Å². The van der Waals surface area contributed by atoms with E-state index in [9.17, 15) is 17.2 Å². The first-order chi connectivity index (χ1) is 8.45. The summed E-state index contributed by atoms with van der Waals surface area (Å²) in [4.78, 5) is 0. The number of nitrogens with one attached hydrogen (secondary N) is 2. The molecule has 0 fully saturated rings. The zero-order valence-electron chi connectivity index (χ0n) is 9.99. The van der Waals surface area contributed by atoms with E-state index in [0.29, 0.717) is 6.54 Å². The molecular weight excluding hydrogens is 262 g/mol. The van der Waals surface area contributed by atoms with E-state index in [2.05, 4.69) is 12.2 Å². The summed E-state index contributed by atoms with van der Waals surface area (Å²) in [5.74, 6) is -3.43. The van der Waals surface area contributed by atoms with Crippen LogP contribution in [0.25, 0.3) is 0 Å². The number of anilines is 1. The lowest BCUT2D eigenvalue weighted by atomic mass is 10.2. The van der Waals surface area contributed by atoms with E-state index in [0.717, 1.165) is 18.5 Å². The molecule has 0 saturated heterocycles. The maximum Gasteiger partial charge on any atom is 0.355 e. The van der Waals surface area contributed by atoms with E-state index in [-0.39, 0.29) is 5.69 Å². The summed E-state index contributed by atoms with van der Waals surface area (Å²) in [6, 6.07) is 6.30. The molecule has 0 radical (unpaired) electrons. The van der Waals surface area contributed by atoms with E-state index >= 15 is 0 Å². The van der Waals surface area contributed by atoms with Crippen molar-refractivity contribution in [1.29, 1.82) is 0 Å². The molecule has 18 heavy (non-hydrogen) atoms. The second-order valence-corrected chi connectivity index (χ2v) is 5.43. The summed E-state index contributed by atoms with van der Waals surface area (Å²) >= 11 is 0. The highest BCUT2D eigenvalue weighted by Crippen LogP contribution is 2.14. The highest BCUT2D eigenvalue weighted by Gasteiger charge is 2.23. The van der Waals surface area contributed by atoms with Crippen molar-refractivity contribution in [3.8, 4) is 0 Å².